The zero-order chi connectivity index (χ0) is 21.1. The molecule has 1 fully saturated rings. The molecule has 2 aliphatic heterocycles. The number of alkyl halides is 3. The monoisotopic (exact) mass is 434 g/mol. The summed E-state index contributed by atoms with van der Waals surface area (Å²) in [5, 5.41) is -0.355. The minimum Gasteiger partial charge on any atom is -0.367 e. The molecule has 2 aliphatic rings. The molecule has 0 aliphatic carbocycles. The number of thioether (sulfide) groups is 1. The number of benzene rings is 1. The Morgan fingerprint density at radius 1 is 1.28 bits per heavy atom. The number of nitrogens with two attached hydrogens (primary N) is 1. The average Bonchev–Trinajstić information content (AvgIpc) is 3.07. The van der Waals surface area contributed by atoms with Crippen LogP contribution in [0.4, 0.5) is 23.2 Å². The molecule has 1 atom stereocenters. The van der Waals surface area contributed by atoms with Crippen LogP contribution < -0.4 is 26.7 Å². The van der Waals surface area contributed by atoms with Gasteiger partial charge in [0.25, 0.3) is 5.56 Å². The van der Waals surface area contributed by atoms with Crippen LogP contribution in [0, 0.1) is 5.82 Å². The van der Waals surface area contributed by atoms with Gasteiger partial charge in [0.2, 0.25) is 0 Å². The lowest BCUT2D eigenvalue weighted by molar-refractivity contribution is -0.200. The first-order chi connectivity index (χ1) is 13.6. The fraction of sp³-hybridized carbons (Fsp3) is 0.438. The van der Waals surface area contributed by atoms with Gasteiger partial charge in [-0.15, -0.1) is 11.8 Å². The quantitative estimate of drug-likeness (QED) is 0.686. The molecule has 0 bridgehead atoms. The molecule has 1 saturated heterocycles. The van der Waals surface area contributed by atoms with E-state index < -0.39 is 29.2 Å². The number of hydrogen-bond acceptors (Lipinski definition) is 7. The molecule has 13 heteroatoms. The number of nitrogens with zero attached hydrogens (tertiary/aromatic N) is 3. The molecule has 4 rings (SSSR count). The second kappa shape index (κ2) is 6.76. The predicted molar refractivity (Wildman–Crippen MR) is 95.6 cm³/mol. The summed E-state index contributed by atoms with van der Waals surface area (Å²) in [6, 6.07) is 0.697. The Bertz CT molecular complexity index is 1140. The molecule has 29 heavy (non-hydrogen) atoms. The van der Waals surface area contributed by atoms with Gasteiger partial charge >= 0.3 is 17.8 Å². The fourth-order valence-corrected chi connectivity index (χ4v) is 4.72. The third-order valence-electron chi connectivity index (χ3n) is 4.78. The molecule has 0 radical (unpaired) electrons. The Labute approximate surface area is 163 Å². The zero-order valence-electron chi connectivity index (χ0n) is 14.7. The van der Waals surface area contributed by atoms with Crippen molar-refractivity contribution in [1.82, 2.24) is 9.30 Å². The second-order valence-electron chi connectivity index (χ2n) is 6.69. The first-order valence-corrected chi connectivity index (χ1v) is 9.53. The van der Waals surface area contributed by atoms with Gasteiger partial charge in [-0.3, -0.25) is 9.36 Å². The van der Waals surface area contributed by atoms with E-state index in [1.807, 2.05) is 0 Å². The molecule has 1 aromatic carbocycles. The number of carbonyl (C=O) groups excluding carboxylic acids is 1. The van der Waals surface area contributed by atoms with Crippen molar-refractivity contribution in [2.45, 2.75) is 30.1 Å². The molecule has 0 saturated carbocycles. The number of anilines is 1. The van der Waals surface area contributed by atoms with E-state index in [0.717, 1.165) is 10.6 Å². The normalized spacial score (nSPS) is 19.1. The highest BCUT2D eigenvalue weighted by Gasteiger charge is 2.43. The van der Waals surface area contributed by atoms with Crippen molar-refractivity contribution in [3.8, 4) is 0 Å². The minimum atomic E-state index is -5.41. The molecule has 8 nitrogen and oxygen atoms in total. The van der Waals surface area contributed by atoms with Crippen LogP contribution in [0.5, 0.6) is 0 Å². The van der Waals surface area contributed by atoms with Gasteiger partial charge in [-0.25, -0.2) is 14.0 Å². The number of aryl methyl sites for hydroxylation is 1. The lowest BCUT2D eigenvalue weighted by Gasteiger charge is -2.27. The molecular weight excluding hydrogens is 420 g/mol. The van der Waals surface area contributed by atoms with E-state index in [4.69, 9.17) is 5.73 Å². The standard InChI is InChI=1S/C16H14F4N4O4S/c17-9-5-8-10-12(11(9)22-2-1-7(21)6-22)29-4-3-23(10)15(27)24(13(8)25)28-14(26)16(18,19)20/h5,7H,1-4,6,21H2. The summed E-state index contributed by atoms with van der Waals surface area (Å²) in [4.78, 5) is 42.4. The smallest absolute Gasteiger partial charge is 0.367 e. The zero-order valence-corrected chi connectivity index (χ0v) is 15.5. The summed E-state index contributed by atoms with van der Waals surface area (Å²) in [7, 11) is 0. The van der Waals surface area contributed by atoms with Crippen molar-refractivity contribution in [2.75, 3.05) is 23.7 Å². The highest BCUT2D eigenvalue weighted by atomic mass is 32.2. The van der Waals surface area contributed by atoms with Crippen LogP contribution in [0.2, 0.25) is 0 Å². The van der Waals surface area contributed by atoms with Gasteiger partial charge < -0.3 is 15.5 Å². The van der Waals surface area contributed by atoms with Crippen molar-refractivity contribution in [1.29, 1.82) is 0 Å². The van der Waals surface area contributed by atoms with E-state index in [1.54, 1.807) is 4.90 Å². The van der Waals surface area contributed by atoms with Crippen LogP contribution in [0.3, 0.4) is 0 Å². The summed E-state index contributed by atoms with van der Waals surface area (Å²) < 4.78 is 53.2. The van der Waals surface area contributed by atoms with Crippen LogP contribution in [0.15, 0.2) is 20.6 Å². The van der Waals surface area contributed by atoms with E-state index in [9.17, 15) is 31.9 Å². The fourth-order valence-electron chi connectivity index (χ4n) is 3.52. The van der Waals surface area contributed by atoms with Crippen LogP contribution in [-0.2, 0) is 11.3 Å². The lowest BCUT2D eigenvalue weighted by atomic mass is 10.2. The van der Waals surface area contributed by atoms with Crippen LogP contribution in [-0.4, -0.2) is 46.3 Å². The second-order valence-corrected chi connectivity index (χ2v) is 7.79. The Balaban J connectivity index is 1.96. The summed E-state index contributed by atoms with van der Waals surface area (Å²) in [5.41, 5.74) is 3.62. The molecule has 2 N–H and O–H groups in total. The van der Waals surface area contributed by atoms with E-state index in [-0.39, 0.29) is 33.9 Å². The Morgan fingerprint density at radius 3 is 2.62 bits per heavy atom. The summed E-state index contributed by atoms with van der Waals surface area (Å²) in [6.07, 6.45) is -4.77. The maximum absolute atomic E-state index is 14.9. The predicted octanol–water partition coefficient (Wildman–Crippen LogP) is 0.463. The first-order valence-electron chi connectivity index (χ1n) is 8.54. The van der Waals surface area contributed by atoms with Gasteiger partial charge in [-0.05, 0) is 12.5 Å². The molecule has 0 amide bonds. The van der Waals surface area contributed by atoms with E-state index in [0.29, 0.717) is 30.2 Å². The molecule has 3 heterocycles. The van der Waals surface area contributed by atoms with Gasteiger partial charge in [-0.2, -0.15) is 13.2 Å². The summed E-state index contributed by atoms with van der Waals surface area (Å²) in [6.45, 7) is 0.920. The van der Waals surface area contributed by atoms with E-state index >= 15 is 0 Å². The third-order valence-corrected chi connectivity index (χ3v) is 5.84. The molecule has 0 spiro atoms. The molecule has 2 aromatic rings. The van der Waals surface area contributed by atoms with E-state index in [1.165, 1.54) is 11.8 Å². The van der Waals surface area contributed by atoms with Crippen molar-refractivity contribution < 1.29 is 27.2 Å². The number of carbonyl (C=O) groups is 1. The van der Waals surface area contributed by atoms with Gasteiger partial charge in [0.15, 0.2) is 0 Å². The molecule has 156 valence electrons. The van der Waals surface area contributed by atoms with Gasteiger partial charge in [0.1, 0.15) is 5.82 Å². The Hall–Kier alpha value is -2.54. The molecule has 1 aromatic heterocycles. The number of rotatable bonds is 2. The number of halogens is 4. The minimum absolute atomic E-state index is 0.0431. The van der Waals surface area contributed by atoms with Gasteiger partial charge in [0.05, 0.1) is 21.5 Å². The van der Waals surface area contributed by atoms with E-state index in [2.05, 4.69) is 4.84 Å². The third kappa shape index (κ3) is 3.17. The van der Waals surface area contributed by atoms with Crippen LogP contribution in [0.1, 0.15) is 6.42 Å². The van der Waals surface area contributed by atoms with Crippen molar-refractivity contribution in [3.05, 3.63) is 32.7 Å². The van der Waals surface area contributed by atoms with Crippen molar-refractivity contribution >= 4 is 34.3 Å². The van der Waals surface area contributed by atoms with Crippen LogP contribution >= 0.6 is 11.8 Å². The molecular formula is C16H14F4N4O4S. The highest BCUT2D eigenvalue weighted by Crippen LogP contribution is 2.41. The topological polar surface area (TPSA) is 99.6 Å². The summed E-state index contributed by atoms with van der Waals surface area (Å²) >= 11 is 1.23. The van der Waals surface area contributed by atoms with Gasteiger partial charge in [-0.1, -0.05) is 4.73 Å². The highest BCUT2D eigenvalue weighted by molar-refractivity contribution is 7.99. The maximum atomic E-state index is 14.9. The van der Waals surface area contributed by atoms with Crippen molar-refractivity contribution in [2.24, 2.45) is 5.73 Å². The lowest BCUT2D eigenvalue weighted by Crippen LogP contribution is -2.49. The summed E-state index contributed by atoms with van der Waals surface area (Å²) in [5.74, 6) is -3.19. The first kappa shape index (κ1) is 19.8. The Kier molecular flexibility index (Phi) is 4.61. The average molecular weight is 434 g/mol. The number of hydrogen-bond donors (Lipinski definition) is 1. The van der Waals surface area contributed by atoms with Crippen molar-refractivity contribution in [3.63, 3.8) is 0 Å². The van der Waals surface area contributed by atoms with Crippen LogP contribution in [0.25, 0.3) is 10.9 Å². The Morgan fingerprint density at radius 2 is 2.00 bits per heavy atom. The maximum Gasteiger partial charge on any atom is 0.493 e. The SMILES string of the molecule is NC1CCN(c2c(F)cc3c(=O)n(OC(=O)C(F)(F)F)c(=O)n4c3c2SCC4)C1. The number of aromatic nitrogens is 2. The largest absolute Gasteiger partial charge is 0.493 e. The molecule has 1 unspecified atom stereocenters. The van der Waals surface area contributed by atoms with Gasteiger partial charge in [0, 0.05) is 31.4 Å².